The molecule has 0 amide bonds. The lowest BCUT2D eigenvalue weighted by Gasteiger charge is -2.28. The second-order valence-corrected chi connectivity index (χ2v) is 6.35. The minimum atomic E-state index is 0.348. The van der Waals surface area contributed by atoms with Gasteiger partial charge in [-0.25, -0.2) is 0 Å². The van der Waals surface area contributed by atoms with E-state index in [0.29, 0.717) is 6.04 Å². The van der Waals surface area contributed by atoms with Crippen LogP contribution in [0.3, 0.4) is 0 Å². The van der Waals surface area contributed by atoms with E-state index in [4.69, 9.17) is 4.99 Å². The minimum absolute atomic E-state index is 0.348. The van der Waals surface area contributed by atoms with Crippen molar-refractivity contribution >= 4 is 5.71 Å². The quantitative estimate of drug-likeness (QED) is 0.812. The molecule has 1 unspecified atom stereocenters. The highest BCUT2D eigenvalue weighted by molar-refractivity contribution is 6.14. The number of nitrogens with zero attached hydrogens (tertiary/aromatic N) is 2. The molecule has 0 saturated heterocycles. The normalized spacial score (nSPS) is 17.0. The summed E-state index contributed by atoms with van der Waals surface area (Å²) in [6.45, 7) is 9.83. The summed E-state index contributed by atoms with van der Waals surface area (Å²) in [5, 5.41) is 0. The van der Waals surface area contributed by atoms with Gasteiger partial charge in [0, 0.05) is 17.7 Å². The van der Waals surface area contributed by atoms with Crippen LogP contribution in [0.2, 0.25) is 0 Å². The van der Waals surface area contributed by atoms with E-state index in [1.807, 2.05) is 0 Å². The molecule has 0 spiro atoms. The zero-order chi connectivity index (χ0) is 16.2. The van der Waals surface area contributed by atoms with Gasteiger partial charge in [-0.3, -0.25) is 4.99 Å². The Bertz CT molecular complexity index is 684. The monoisotopic (exact) mass is 306 g/mol. The number of likely N-dealkylation sites (N-methyl/N-ethyl adjacent to an activating group) is 1. The molecule has 0 radical (unpaired) electrons. The Morgan fingerprint density at radius 2 is 1.78 bits per heavy atom. The van der Waals surface area contributed by atoms with Crippen LogP contribution in [-0.4, -0.2) is 36.3 Å². The van der Waals surface area contributed by atoms with Crippen LogP contribution in [0.25, 0.3) is 0 Å². The second-order valence-electron chi connectivity index (χ2n) is 6.35. The molecule has 1 aliphatic rings. The van der Waals surface area contributed by atoms with Crippen LogP contribution in [0.5, 0.6) is 0 Å². The molecule has 0 saturated carbocycles. The van der Waals surface area contributed by atoms with Crippen molar-refractivity contribution in [2.45, 2.75) is 33.2 Å². The van der Waals surface area contributed by atoms with Crippen LogP contribution in [0.1, 0.15) is 36.1 Å². The van der Waals surface area contributed by atoms with Gasteiger partial charge < -0.3 is 4.90 Å². The summed E-state index contributed by atoms with van der Waals surface area (Å²) in [6.07, 6.45) is 1.04. The van der Waals surface area contributed by atoms with E-state index < -0.39 is 0 Å². The molecule has 120 valence electrons. The molecule has 2 aromatic rings. The van der Waals surface area contributed by atoms with Gasteiger partial charge >= 0.3 is 0 Å². The van der Waals surface area contributed by atoms with Crippen LogP contribution >= 0.6 is 0 Å². The zero-order valence-electron chi connectivity index (χ0n) is 14.4. The van der Waals surface area contributed by atoms with Gasteiger partial charge in [0.1, 0.15) is 0 Å². The minimum Gasteiger partial charge on any atom is -0.302 e. The van der Waals surface area contributed by atoms with Gasteiger partial charge in [0.2, 0.25) is 0 Å². The van der Waals surface area contributed by atoms with Crippen LogP contribution in [0.15, 0.2) is 53.5 Å². The van der Waals surface area contributed by atoms with E-state index in [2.05, 4.69) is 74.2 Å². The van der Waals surface area contributed by atoms with E-state index in [9.17, 15) is 0 Å². The predicted molar refractivity (Wildman–Crippen MR) is 98.5 cm³/mol. The summed E-state index contributed by atoms with van der Waals surface area (Å²) in [6, 6.07) is 17.8. The first-order valence-electron chi connectivity index (χ1n) is 8.66. The molecule has 0 fully saturated rings. The van der Waals surface area contributed by atoms with E-state index in [1.165, 1.54) is 22.3 Å². The standard InChI is InChI=1S/C21H26N2/c1-4-23(5-2)15-19-14-18-12-11-16(3)13-20(18)21(22-19)17-9-7-6-8-10-17/h6-13,19H,4-5,14-15H2,1-3H3. The van der Waals surface area contributed by atoms with Crippen molar-refractivity contribution in [3.8, 4) is 0 Å². The van der Waals surface area contributed by atoms with Crippen molar-refractivity contribution in [2.24, 2.45) is 4.99 Å². The Morgan fingerprint density at radius 1 is 1.04 bits per heavy atom. The summed E-state index contributed by atoms with van der Waals surface area (Å²) in [4.78, 5) is 7.61. The number of fused-ring (bicyclic) bond motifs is 1. The molecule has 0 aliphatic carbocycles. The lowest BCUT2D eigenvalue weighted by molar-refractivity contribution is 0.282. The fourth-order valence-corrected chi connectivity index (χ4v) is 3.35. The molecular formula is C21H26N2. The summed E-state index contributed by atoms with van der Waals surface area (Å²) in [5.41, 5.74) is 6.43. The van der Waals surface area contributed by atoms with Crippen molar-refractivity contribution < 1.29 is 0 Å². The van der Waals surface area contributed by atoms with Crippen molar-refractivity contribution in [2.75, 3.05) is 19.6 Å². The molecule has 1 atom stereocenters. The molecule has 2 nitrogen and oxygen atoms in total. The fourth-order valence-electron chi connectivity index (χ4n) is 3.35. The lowest BCUT2D eigenvalue weighted by atomic mass is 9.89. The van der Waals surface area contributed by atoms with E-state index in [-0.39, 0.29) is 0 Å². The smallest absolute Gasteiger partial charge is 0.0725 e. The molecule has 0 aromatic heterocycles. The maximum Gasteiger partial charge on any atom is 0.0725 e. The van der Waals surface area contributed by atoms with Gasteiger partial charge in [0.25, 0.3) is 0 Å². The first-order chi connectivity index (χ1) is 11.2. The number of aryl methyl sites for hydroxylation is 1. The zero-order valence-corrected chi connectivity index (χ0v) is 14.4. The first-order valence-corrected chi connectivity index (χ1v) is 8.66. The van der Waals surface area contributed by atoms with Crippen molar-refractivity contribution in [3.63, 3.8) is 0 Å². The molecule has 3 rings (SSSR count). The Labute approximate surface area is 139 Å². The summed E-state index contributed by atoms with van der Waals surface area (Å²) >= 11 is 0. The Hall–Kier alpha value is -1.93. The molecule has 2 aromatic carbocycles. The van der Waals surface area contributed by atoms with E-state index in [1.54, 1.807) is 0 Å². The number of rotatable bonds is 5. The highest BCUT2D eigenvalue weighted by atomic mass is 15.1. The first kappa shape index (κ1) is 15.9. The molecular weight excluding hydrogens is 280 g/mol. The van der Waals surface area contributed by atoms with Gasteiger partial charge in [-0.1, -0.05) is 61.9 Å². The molecule has 1 heterocycles. The average Bonchev–Trinajstić information content (AvgIpc) is 2.60. The van der Waals surface area contributed by atoms with Gasteiger partial charge in [-0.05, 0) is 38.1 Å². The average molecular weight is 306 g/mol. The van der Waals surface area contributed by atoms with Crippen molar-refractivity contribution in [1.29, 1.82) is 0 Å². The number of hydrogen-bond acceptors (Lipinski definition) is 2. The van der Waals surface area contributed by atoms with Crippen molar-refractivity contribution in [3.05, 3.63) is 70.8 Å². The highest BCUT2D eigenvalue weighted by Crippen LogP contribution is 2.25. The topological polar surface area (TPSA) is 15.6 Å². The summed E-state index contributed by atoms with van der Waals surface area (Å²) in [7, 11) is 0. The van der Waals surface area contributed by atoms with Crippen LogP contribution in [0.4, 0.5) is 0 Å². The Kier molecular flexibility index (Phi) is 4.92. The number of aliphatic imine (C=N–C) groups is 1. The number of benzene rings is 2. The van der Waals surface area contributed by atoms with Gasteiger partial charge in [-0.2, -0.15) is 0 Å². The summed E-state index contributed by atoms with van der Waals surface area (Å²) in [5.74, 6) is 0. The van der Waals surface area contributed by atoms with Gasteiger partial charge in [0.15, 0.2) is 0 Å². The number of hydrogen-bond donors (Lipinski definition) is 0. The third-order valence-electron chi connectivity index (χ3n) is 4.70. The van der Waals surface area contributed by atoms with Gasteiger partial charge in [0.05, 0.1) is 11.8 Å². The second kappa shape index (κ2) is 7.10. The van der Waals surface area contributed by atoms with Crippen LogP contribution in [-0.2, 0) is 6.42 Å². The molecule has 0 N–H and O–H groups in total. The van der Waals surface area contributed by atoms with E-state index in [0.717, 1.165) is 31.8 Å². The fraction of sp³-hybridized carbons (Fsp3) is 0.381. The molecule has 23 heavy (non-hydrogen) atoms. The Morgan fingerprint density at radius 3 is 2.48 bits per heavy atom. The molecule has 2 heteroatoms. The Balaban J connectivity index is 2.00. The van der Waals surface area contributed by atoms with Crippen LogP contribution < -0.4 is 0 Å². The largest absolute Gasteiger partial charge is 0.302 e. The summed E-state index contributed by atoms with van der Waals surface area (Å²) < 4.78 is 0. The molecule has 1 aliphatic heterocycles. The van der Waals surface area contributed by atoms with E-state index >= 15 is 0 Å². The molecule has 0 bridgehead atoms. The third-order valence-corrected chi connectivity index (χ3v) is 4.70. The maximum atomic E-state index is 5.15. The van der Waals surface area contributed by atoms with Gasteiger partial charge in [-0.15, -0.1) is 0 Å². The van der Waals surface area contributed by atoms with Crippen LogP contribution in [0, 0.1) is 6.92 Å². The maximum absolute atomic E-state index is 5.15. The van der Waals surface area contributed by atoms with Crippen molar-refractivity contribution in [1.82, 2.24) is 4.90 Å². The highest BCUT2D eigenvalue weighted by Gasteiger charge is 2.23. The SMILES string of the molecule is CCN(CC)CC1Cc2ccc(C)cc2C(c2ccccc2)=N1. The lowest BCUT2D eigenvalue weighted by Crippen LogP contribution is -2.35. The predicted octanol–water partition coefficient (Wildman–Crippen LogP) is 4.10. The third kappa shape index (κ3) is 3.53.